The van der Waals surface area contributed by atoms with E-state index in [1.54, 1.807) is 0 Å². The van der Waals surface area contributed by atoms with Crippen LogP contribution in [-0.2, 0) is 20.1 Å². The van der Waals surface area contributed by atoms with Crippen LogP contribution in [0, 0.1) is 6.92 Å². The van der Waals surface area contributed by atoms with Gasteiger partial charge >= 0.3 is 0 Å². The predicted octanol–water partition coefficient (Wildman–Crippen LogP) is 1.30. The zero-order chi connectivity index (χ0) is 11.1. The molecular formula is C12H16N4. The summed E-state index contributed by atoms with van der Waals surface area (Å²) in [4.78, 5) is 0. The monoisotopic (exact) mass is 216 g/mol. The number of nitrogens with zero attached hydrogens (tertiary/aromatic N) is 3. The molecule has 0 aliphatic carbocycles. The van der Waals surface area contributed by atoms with E-state index in [2.05, 4.69) is 40.2 Å². The fourth-order valence-corrected chi connectivity index (χ4v) is 2.17. The van der Waals surface area contributed by atoms with Crippen LogP contribution < -0.4 is 5.32 Å². The Labute approximate surface area is 94.9 Å². The molecule has 0 saturated heterocycles. The first-order valence-corrected chi connectivity index (χ1v) is 5.65. The van der Waals surface area contributed by atoms with Crippen molar-refractivity contribution in [2.24, 2.45) is 7.05 Å². The maximum Gasteiger partial charge on any atom is 0.0941 e. The molecule has 0 atom stereocenters. The average Bonchev–Trinajstić information content (AvgIpc) is 2.83. The Kier molecular flexibility index (Phi) is 2.11. The molecule has 0 bridgehead atoms. The van der Waals surface area contributed by atoms with Crippen LogP contribution in [-0.4, -0.2) is 20.9 Å². The SMILES string of the molecule is Cc1cc(-c2cc3n(c2)CCNC3)nn1C. The third-order valence-corrected chi connectivity index (χ3v) is 3.23. The van der Waals surface area contributed by atoms with Crippen molar-refractivity contribution in [3.63, 3.8) is 0 Å². The lowest BCUT2D eigenvalue weighted by Gasteiger charge is -2.15. The number of fused-ring (bicyclic) bond motifs is 1. The minimum absolute atomic E-state index is 0.964. The van der Waals surface area contributed by atoms with Gasteiger partial charge in [-0.2, -0.15) is 5.10 Å². The van der Waals surface area contributed by atoms with Gasteiger partial charge in [0.25, 0.3) is 0 Å². The molecule has 1 N–H and O–H groups in total. The van der Waals surface area contributed by atoms with Gasteiger partial charge in [-0.3, -0.25) is 4.68 Å². The molecule has 84 valence electrons. The van der Waals surface area contributed by atoms with Crippen molar-refractivity contribution in [3.05, 3.63) is 29.7 Å². The first-order valence-electron chi connectivity index (χ1n) is 5.65. The Bertz CT molecular complexity index is 478. The highest BCUT2D eigenvalue weighted by atomic mass is 15.3. The van der Waals surface area contributed by atoms with Crippen molar-refractivity contribution >= 4 is 0 Å². The van der Waals surface area contributed by atoms with Gasteiger partial charge in [0.05, 0.1) is 5.69 Å². The van der Waals surface area contributed by atoms with E-state index in [0.717, 1.165) is 25.3 Å². The van der Waals surface area contributed by atoms with Crippen molar-refractivity contribution in [1.82, 2.24) is 19.7 Å². The highest BCUT2D eigenvalue weighted by Gasteiger charge is 2.12. The summed E-state index contributed by atoms with van der Waals surface area (Å²) in [6.07, 6.45) is 2.21. The minimum Gasteiger partial charge on any atom is -0.348 e. The summed E-state index contributed by atoms with van der Waals surface area (Å²) >= 11 is 0. The molecule has 0 fully saturated rings. The van der Waals surface area contributed by atoms with Gasteiger partial charge in [-0.15, -0.1) is 0 Å². The highest BCUT2D eigenvalue weighted by Crippen LogP contribution is 2.22. The lowest BCUT2D eigenvalue weighted by molar-refractivity contribution is 0.517. The fraction of sp³-hybridized carbons (Fsp3) is 0.417. The van der Waals surface area contributed by atoms with Crippen LogP contribution in [0.5, 0.6) is 0 Å². The molecule has 0 spiro atoms. The van der Waals surface area contributed by atoms with Gasteiger partial charge in [-0.05, 0) is 19.1 Å². The van der Waals surface area contributed by atoms with Crippen LogP contribution in [0.2, 0.25) is 0 Å². The highest BCUT2D eigenvalue weighted by molar-refractivity contribution is 5.60. The summed E-state index contributed by atoms with van der Waals surface area (Å²) in [5, 5.41) is 7.88. The van der Waals surface area contributed by atoms with E-state index in [0.29, 0.717) is 0 Å². The number of aromatic nitrogens is 3. The second kappa shape index (κ2) is 3.49. The van der Waals surface area contributed by atoms with Crippen molar-refractivity contribution in [1.29, 1.82) is 0 Å². The third kappa shape index (κ3) is 1.46. The Balaban J connectivity index is 2.03. The zero-order valence-electron chi connectivity index (χ0n) is 9.70. The van der Waals surface area contributed by atoms with E-state index in [4.69, 9.17) is 0 Å². The van der Waals surface area contributed by atoms with Crippen LogP contribution in [0.3, 0.4) is 0 Å². The van der Waals surface area contributed by atoms with Gasteiger partial charge in [0.15, 0.2) is 0 Å². The molecule has 2 aromatic rings. The van der Waals surface area contributed by atoms with Gasteiger partial charge in [-0.25, -0.2) is 0 Å². The molecule has 2 aromatic heterocycles. The molecule has 0 saturated carbocycles. The van der Waals surface area contributed by atoms with Crippen molar-refractivity contribution < 1.29 is 0 Å². The number of rotatable bonds is 1. The summed E-state index contributed by atoms with van der Waals surface area (Å²) in [5.41, 5.74) is 4.84. The van der Waals surface area contributed by atoms with E-state index in [-0.39, 0.29) is 0 Å². The molecular weight excluding hydrogens is 200 g/mol. The zero-order valence-corrected chi connectivity index (χ0v) is 9.70. The van der Waals surface area contributed by atoms with E-state index < -0.39 is 0 Å². The Morgan fingerprint density at radius 3 is 2.94 bits per heavy atom. The quantitative estimate of drug-likeness (QED) is 0.779. The molecule has 0 aromatic carbocycles. The van der Waals surface area contributed by atoms with Crippen molar-refractivity contribution in [2.45, 2.75) is 20.0 Å². The summed E-state index contributed by atoms with van der Waals surface area (Å²) < 4.78 is 4.24. The maximum atomic E-state index is 4.51. The normalized spacial score (nSPS) is 15.1. The summed E-state index contributed by atoms with van der Waals surface area (Å²) in [6.45, 7) is 5.16. The van der Waals surface area contributed by atoms with Gasteiger partial charge in [0.1, 0.15) is 0 Å². The van der Waals surface area contributed by atoms with E-state index in [9.17, 15) is 0 Å². The van der Waals surface area contributed by atoms with E-state index >= 15 is 0 Å². The second-order valence-electron chi connectivity index (χ2n) is 4.38. The third-order valence-electron chi connectivity index (χ3n) is 3.23. The molecule has 1 aliphatic rings. The van der Waals surface area contributed by atoms with Crippen LogP contribution in [0.25, 0.3) is 11.3 Å². The molecule has 3 rings (SSSR count). The van der Waals surface area contributed by atoms with Crippen LogP contribution in [0.15, 0.2) is 18.3 Å². The summed E-state index contributed by atoms with van der Waals surface area (Å²) in [6, 6.07) is 4.36. The number of hydrogen-bond donors (Lipinski definition) is 1. The summed E-state index contributed by atoms with van der Waals surface area (Å²) in [7, 11) is 1.98. The first-order chi connectivity index (χ1) is 7.74. The smallest absolute Gasteiger partial charge is 0.0941 e. The lowest BCUT2D eigenvalue weighted by Crippen LogP contribution is -2.27. The van der Waals surface area contributed by atoms with Crippen LogP contribution in [0.4, 0.5) is 0 Å². The lowest BCUT2D eigenvalue weighted by atomic mass is 10.2. The standard InChI is InChI=1S/C12H16N4/c1-9-5-12(14-15(9)2)10-6-11-7-13-3-4-16(11)8-10/h5-6,8,13H,3-4,7H2,1-2H3. The van der Waals surface area contributed by atoms with Crippen molar-refractivity contribution in [3.8, 4) is 11.3 Å². The molecule has 4 nitrogen and oxygen atoms in total. The van der Waals surface area contributed by atoms with Gasteiger partial charge in [-0.1, -0.05) is 0 Å². The number of aryl methyl sites for hydroxylation is 2. The molecule has 3 heterocycles. The molecule has 1 aliphatic heterocycles. The number of nitrogens with one attached hydrogen (secondary N) is 1. The molecule has 0 unspecified atom stereocenters. The Morgan fingerprint density at radius 1 is 1.38 bits per heavy atom. The predicted molar refractivity (Wildman–Crippen MR) is 63.1 cm³/mol. The van der Waals surface area contributed by atoms with Crippen LogP contribution >= 0.6 is 0 Å². The Hall–Kier alpha value is -1.55. The Morgan fingerprint density at radius 2 is 2.25 bits per heavy atom. The molecule has 4 heteroatoms. The average molecular weight is 216 g/mol. The van der Waals surface area contributed by atoms with Gasteiger partial charge in [0, 0.05) is 49.8 Å². The van der Waals surface area contributed by atoms with Crippen LogP contribution in [0.1, 0.15) is 11.4 Å². The molecule has 0 amide bonds. The van der Waals surface area contributed by atoms with E-state index in [1.807, 2.05) is 11.7 Å². The molecule has 0 radical (unpaired) electrons. The van der Waals surface area contributed by atoms with Gasteiger partial charge < -0.3 is 9.88 Å². The largest absolute Gasteiger partial charge is 0.348 e. The van der Waals surface area contributed by atoms with Gasteiger partial charge in [0.2, 0.25) is 0 Å². The first kappa shape index (κ1) is 9.66. The minimum atomic E-state index is 0.964. The summed E-state index contributed by atoms with van der Waals surface area (Å²) in [5.74, 6) is 0. The van der Waals surface area contributed by atoms with Crippen molar-refractivity contribution in [2.75, 3.05) is 6.54 Å². The van der Waals surface area contributed by atoms with E-state index in [1.165, 1.54) is 17.0 Å². The number of hydrogen-bond acceptors (Lipinski definition) is 2. The maximum absolute atomic E-state index is 4.51. The molecule has 16 heavy (non-hydrogen) atoms. The second-order valence-corrected chi connectivity index (χ2v) is 4.38. The topological polar surface area (TPSA) is 34.8 Å². The fourth-order valence-electron chi connectivity index (χ4n) is 2.17.